The van der Waals surface area contributed by atoms with Gasteiger partial charge in [-0.25, -0.2) is 18.7 Å². The smallest absolute Gasteiger partial charge is 0.269 e. The standard InChI is InChI=1S/C20H19BrF2N4O2/c1-12-6-17(29-11-14-4-5-15(22)7-16(14)23)18(21)19(28)27(12)10-13-8-24-20(25-9-13)26(2)3/h4-9H,10-11H2,1-3H3. The van der Waals surface area contributed by atoms with Gasteiger partial charge in [0.2, 0.25) is 5.95 Å². The van der Waals surface area contributed by atoms with Gasteiger partial charge in [-0.1, -0.05) is 0 Å². The van der Waals surface area contributed by atoms with Crippen molar-refractivity contribution in [3.63, 3.8) is 0 Å². The van der Waals surface area contributed by atoms with Crippen LogP contribution in [0.3, 0.4) is 0 Å². The molecule has 0 saturated carbocycles. The molecule has 0 bridgehead atoms. The lowest BCUT2D eigenvalue weighted by molar-refractivity contribution is 0.295. The zero-order valence-corrected chi connectivity index (χ0v) is 17.7. The molecule has 0 aliphatic heterocycles. The summed E-state index contributed by atoms with van der Waals surface area (Å²) in [5.41, 5.74) is 1.33. The number of rotatable bonds is 6. The summed E-state index contributed by atoms with van der Waals surface area (Å²) in [5.74, 6) is -0.497. The average molecular weight is 465 g/mol. The topological polar surface area (TPSA) is 60.3 Å². The lowest BCUT2D eigenvalue weighted by Crippen LogP contribution is -2.24. The Morgan fingerprint density at radius 3 is 2.48 bits per heavy atom. The van der Waals surface area contributed by atoms with E-state index in [4.69, 9.17) is 4.74 Å². The molecule has 0 saturated heterocycles. The Kier molecular flexibility index (Phi) is 6.26. The number of nitrogens with zero attached hydrogens (tertiary/aromatic N) is 4. The highest BCUT2D eigenvalue weighted by Gasteiger charge is 2.14. The number of hydrogen-bond donors (Lipinski definition) is 0. The Balaban J connectivity index is 1.81. The molecule has 6 nitrogen and oxygen atoms in total. The maximum absolute atomic E-state index is 13.8. The maximum Gasteiger partial charge on any atom is 0.269 e. The molecular formula is C20H19BrF2N4O2. The average Bonchev–Trinajstić information content (AvgIpc) is 2.68. The summed E-state index contributed by atoms with van der Waals surface area (Å²) in [7, 11) is 3.69. The number of halogens is 3. The third kappa shape index (κ3) is 4.79. The Morgan fingerprint density at radius 1 is 1.17 bits per heavy atom. The molecule has 0 amide bonds. The number of hydrogen-bond acceptors (Lipinski definition) is 5. The molecule has 1 aromatic carbocycles. The molecule has 0 aliphatic carbocycles. The zero-order chi connectivity index (χ0) is 21.1. The van der Waals surface area contributed by atoms with E-state index in [1.54, 1.807) is 34.9 Å². The predicted molar refractivity (Wildman–Crippen MR) is 109 cm³/mol. The summed E-state index contributed by atoms with van der Waals surface area (Å²) >= 11 is 3.26. The van der Waals surface area contributed by atoms with Gasteiger partial charge in [-0.2, -0.15) is 0 Å². The fraction of sp³-hybridized carbons (Fsp3) is 0.250. The van der Waals surface area contributed by atoms with Gasteiger partial charge in [-0.15, -0.1) is 0 Å². The summed E-state index contributed by atoms with van der Waals surface area (Å²) in [4.78, 5) is 23.1. The van der Waals surface area contributed by atoms with Crippen molar-refractivity contribution in [2.75, 3.05) is 19.0 Å². The van der Waals surface area contributed by atoms with Crippen molar-refractivity contribution < 1.29 is 13.5 Å². The van der Waals surface area contributed by atoms with E-state index < -0.39 is 11.6 Å². The van der Waals surface area contributed by atoms with E-state index >= 15 is 0 Å². The molecule has 0 radical (unpaired) electrons. The van der Waals surface area contributed by atoms with Gasteiger partial charge in [-0.3, -0.25) is 4.79 Å². The van der Waals surface area contributed by atoms with Crippen molar-refractivity contribution in [3.8, 4) is 5.75 Å². The van der Waals surface area contributed by atoms with Crippen LogP contribution in [0.25, 0.3) is 0 Å². The second kappa shape index (κ2) is 8.69. The summed E-state index contributed by atoms with van der Waals surface area (Å²) in [6.07, 6.45) is 3.34. The van der Waals surface area contributed by atoms with Gasteiger partial charge in [0, 0.05) is 55.4 Å². The van der Waals surface area contributed by atoms with E-state index in [-0.39, 0.29) is 28.0 Å². The number of benzene rings is 1. The highest BCUT2D eigenvalue weighted by atomic mass is 79.9. The summed E-state index contributed by atoms with van der Waals surface area (Å²) in [5, 5.41) is 0. The molecule has 29 heavy (non-hydrogen) atoms. The second-order valence-electron chi connectivity index (χ2n) is 6.67. The Labute approximate surface area is 174 Å². The molecule has 0 N–H and O–H groups in total. The van der Waals surface area contributed by atoms with Gasteiger partial charge in [0.05, 0.1) is 6.54 Å². The SMILES string of the molecule is Cc1cc(OCc2ccc(F)cc2F)c(Br)c(=O)n1Cc1cnc(N(C)C)nc1. The van der Waals surface area contributed by atoms with Gasteiger partial charge < -0.3 is 14.2 Å². The van der Waals surface area contributed by atoms with Crippen LogP contribution in [-0.4, -0.2) is 28.6 Å². The Bertz CT molecular complexity index is 1090. The molecule has 0 fully saturated rings. The number of anilines is 1. The van der Waals surface area contributed by atoms with Crippen LogP contribution in [0.4, 0.5) is 14.7 Å². The van der Waals surface area contributed by atoms with E-state index in [1.807, 2.05) is 14.1 Å². The molecule has 0 spiro atoms. The van der Waals surface area contributed by atoms with Crippen molar-refractivity contribution in [1.29, 1.82) is 0 Å². The number of aromatic nitrogens is 3. The lowest BCUT2D eigenvalue weighted by Gasteiger charge is -2.15. The largest absolute Gasteiger partial charge is 0.487 e. The second-order valence-corrected chi connectivity index (χ2v) is 7.46. The van der Waals surface area contributed by atoms with Crippen LogP contribution in [0.5, 0.6) is 5.75 Å². The van der Waals surface area contributed by atoms with Crippen LogP contribution in [-0.2, 0) is 13.2 Å². The Morgan fingerprint density at radius 2 is 1.86 bits per heavy atom. The van der Waals surface area contributed by atoms with Crippen LogP contribution in [0.15, 0.2) is 45.9 Å². The van der Waals surface area contributed by atoms with Crippen molar-refractivity contribution in [3.05, 3.63) is 79.9 Å². The van der Waals surface area contributed by atoms with Crippen molar-refractivity contribution in [1.82, 2.24) is 14.5 Å². The highest BCUT2D eigenvalue weighted by Crippen LogP contribution is 2.24. The first-order valence-electron chi connectivity index (χ1n) is 8.71. The number of pyridine rings is 1. The normalized spacial score (nSPS) is 10.8. The van der Waals surface area contributed by atoms with E-state index in [0.29, 0.717) is 18.2 Å². The predicted octanol–water partition coefficient (Wildman–Crippen LogP) is 3.68. The summed E-state index contributed by atoms with van der Waals surface area (Å²) in [6, 6.07) is 4.94. The molecule has 0 aliphatic rings. The highest BCUT2D eigenvalue weighted by molar-refractivity contribution is 9.10. The van der Waals surface area contributed by atoms with Gasteiger partial charge >= 0.3 is 0 Å². The molecule has 0 atom stereocenters. The molecular weight excluding hydrogens is 446 g/mol. The van der Waals surface area contributed by atoms with E-state index in [1.165, 1.54) is 6.07 Å². The third-order valence-corrected chi connectivity index (χ3v) is 4.98. The van der Waals surface area contributed by atoms with Crippen LogP contribution in [0.2, 0.25) is 0 Å². The molecule has 9 heteroatoms. The van der Waals surface area contributed by atoms with Crippen LogP contribution >= 0.6 is 15.9 Å². The van der Waals surface area contributed by atoms with E-state index in [0.717, 1.165) is 17.7 Å². The van der Waals surface area contributed by atoms with Crippen LogP contribution < -0.4 is 15.2 Å². The van der Waals surface area contributed by atoms with Gasteiger partial charge in [-0.05, 0) is 35.0 Å². The first-order chi connectivity index (χ1) is 13.8. The van der Waals surface area contributed by atoms with Crippen LogP contribution in [0, 0.1) is 18.6 Å². The third-order valence-electron chi connectivity index (χ3n) is 4.25. The summed E-state index contributed by atoms with van der Waals surface area (Å²) < 4.78 is 34.2. The molecule has 2 aromatic heterocycles. The van der Waals surface area contributed by atoms with Crippen molar-refractivity contribution >= 4 is 21.9 Å². The quantitative estimate of drug-likeness (QED) is 0.556. The number of ether oxygens (including phenoxy) is 1. The van der Waals surface area contributed by atoms with Gasteiger partial charge in [0.1, 0.15) is 28.5 Å². The molecule has 3 aromatic rings. The minimum atomic E-state index is -0.702. The monoisotopic (exact) mass is 464 g/mol. The minimum absolute atomic E-state index is 0.132. The van der Waals surface area contributed by atoms with Gasteiger partial charge in [0.25, 0.3) is 5.56 Å². The lowest BCUT2D eigenvalue weighted by atomic mass is 10.2. The molecule has 3 rings (SSSR count). The van der Waals surface area contributed by atoms with E-state index in [2.05, 4.69) is 25.9 Å². The molecule has 0 unspecified atom stereocenters. The molecule has 2 heterocycles. The van der Waals surface area contributed by atoms with Crippen molar-refractivity contribution in [2.24, 2.45) is 0 Å². The maximum atomic E-state index is 13.8. The fourth-order valence-corrected chi connectivity index (χ4v) is 3.10. The minimum Gasteiger partial charge on any atom is -0.487 e. The van der Waals surface area contributed by atoms with Gasteiger partial charge in [0.15, 0.2) is 0 Å². The van der Waals surface area contributed by atoms with E-state index in [9.17, 15) is 13.6 Å². The number of aryl methyl sites for hydroxylation is 1. The Hall–Kier alpha value is -2.81. The van der Waals surface area contributed by atoms with Crippen LogP contribution in [0.1, 0.15) is 16.8 Å². The first kappa shape index (κ1) is 20.9. The zero-order valence-electron chi connectivity index (χ0n) is 16.1. The molecule has 152 valence electrons. The van der Waals surface area contributed by atoms with Crippen molar-refractivity contribution in [2.45, 2.75) is 20.1 Å². The fourth-order valence-electron chi connectivity index (χ4n) is 2.65. The first-order valence-corrected chi connectivity index (χ1v) is 9.50. The summed E-state index contributed by atoms with van der Waals surface area (Å²) in [6.45, 7) is 1.94.